The molecule has 6 nitrogen and oxygen atoms in total. The maximum absolute atomic E-state index is 10.8. The standard InChI is InChI=1S/C11H15ClN2O4/c1-17-6-8(18-2)5-13-10-4-7(11(15)16)3-9(12)14-10/h3-4,8H,5-6H2,1-2H3,(H,13,14)(H,15,16). The van der Waals surface area contributed by atoms with Crippen molar-refractivity contribution in [3.05, 3.63) is 22.8 Å². The molecule has 0 bridgehead atoms. The molecule has 1 aromatic heterocycles. The third-order valence-electron chi connectivity index (χ3n) is 2.24. The van der Waals surface area contributed by atoms with Crippen LogP contribution in [0.1, 0.15) is 10.4 Å². The SMILES string of the molecule is COCC(CNc1cc(C(=O)O)cc(Cl)n1)OC. The van der Waals surface area contributed by atoms with Crippen LogP contribution in [0.2, 0.25) is 5.15 Å². The molecule has 1 rings (SSSR count). The monoisotopic (exact) mass is 274 g/mol. The van der Waals surface area contributed by atoms with E-state index in [1.54, 1.807) is 14.2 Å². The molecule has 0 fully saturated rings. The Morgan fingerprint density at radius 2 is 2.28 bits per heavy atom. The maximum atomic E-state index is 10.8. The predicted molar refractivity (Wildman–Crippen MR) is 67.4 cm³/mol. The number of methoxy groups -OCH3 is 2. The van der Waals surface area contributed by atoms with Crippen LogP contribution < -0.4 is 5.32 Å². The fraction of sp³-hybridized carbons (Fsp3) is 0.455. The van der Waals surface area contributed by atoms with Crippen molar-refractivity contribution in [2.75, 3.05) is 32.7 Å². The Balaban J connectivity index is 2.69. The first kappa shape index (κ1) is 14.7. The van der Waals surface area contributed by atoms with Crippen LogP contribution in [-0.4, -0.2) is 49.5 Å². The van der Waals surface area contributed by atoms with Gasteiger partial charge in [0, 0.05) is 20.8 Å². The maximum Gasteiger partial charge on any atom is 0.335 e. The van der Waals surface area contributed by atoms with Crippen molar-refractivity contribution in [2.45, 2.75) is 6.10 Å². The number of carboxylic acid groups (broad SMARTS) is 1. The zero-order chi connectivity index (χ0) is 13.5. The molecule has 0 spiro atoms. The molecule has 0 aromatic carbocycles. The number of anilines is 1. The van der Waals surface area contributed by atoms with E-state index in [0.717, 1.165) is 0 Å². The number of hydrogen-bond donors (Lipinski definition) is 2. The van der Waals surface area contributed by atoms with Crippen molar-refractivity contribution in [1.82, 2.24) is 4.98 Å². The predicted octanol–water partition coefficient (Wildman–Crippen LogP) is 1.51. The summed E-state index contributed by atoms with van der Waals surface area (Å²) in [4.78, 5) is 14.8. The van der Waals surface area contributed by atoms with Crippen molar-refractivity contribution in [3.8, 4) is 0 Å². The number of carbonyl (C=O) groups is 1. The second-order valence-corrected chi connectivity index (χ2v) is 3.95. The molecule has 1 atom stereocenters. The van der Waals surface area contributed by atoms with Crippen molar-refractivity contribution in [1.29, 1.82) is 0 Å². The van der Waals surface area contributed by atoms with Gasteiger partial charge in [-0.2, -0.15) is 0 Å². The highest BCUT2D eigenvalue weighted by molar-refractivity contribution is 6.29. The Morgan fingerprint density at radius 3 is 2.83 bits per heavy atom. The summed E-state index contributed by atoms with van der Waals surface area (Å²) in [5.41, 5.74) is 0.0817. The van der Waals surface area contributed by atoms with Gasteiger partial charge in [-0.3, -0.25) is 0 Å². The second-order valence-electron chi connectivity index (χ2n) is 3.56. The summed E-state index contributed by atoms with van der Waals surface area (Å²) in [6.07, 6.45) is -0.149. The fourth-order valence-electron chi connectivity index (χ4n) is 1.33. The van der Waals surface area contributed by atoms with E-state index in [-0.39, 0.29) is 16.8 Å². The van der Waals surface area contributed by atoms with E-state index in [9.17, 15) is 4.79 Å². The van der Waals surface area contributed by atoms with Gasteiger partial charge in [0.15, 0.2) is 0 Å². The summed E-state index contributed by atoms with van der Waals surface area (Å²) in [5.74, 6) is -0.666. The van der Waals surface area contributed by atoms with Gasteiger partial charge in [-0.15, -0.1) is 0 Å². The molecule has 7 heteroatoms. The zero-order valence-electron chi connectivity index (χ0n) is 10.1. The van der Waals surface area contributed by atoms with Crippen LogP contribution in [0.5, 0.6) is 0 Å². The molecule has 0 amide bonds. The van der Waals surface area contributed by atoms with Gasteiger partial charge in [0.25, 0.3) is 0 Å². The number of aromatic carboxylic acids is 1. The van der Waals surface area contributed by atoms with Crippen molar-refractivity contribution >= 4 is 23.4 Å². The average molecular weight is 275 g/mol. The molecule has 2 N–H and O–H groups in total. The molecule has 1 unspecified atom stereocenters. The van der Waals surface area contributed by atoms with E-state index in [1.807, 2.05) is 0 Å². The Hall–Kier alpha value is -1.37. The van der Waals surface area contributed by atoms with E-state index in [0.29, 0.717) is 19.0 Å². The van der Waals surface area contributed by atoms with Gasteiger partial charge in [0.1, 0.15) is 11.0 Å². The number of ether oxygens (including phenoxy) is 2. The number of nitrogens with zero attached hydrogens (tertiary/aromatic N) is 1. The van der Waals surface area contributed by atoms with Gasteiger partial charge in [0.05, 0.1) is 18.3 Å². The zero-order valence-corrected chi connectivity index (χ0v) is 10.9. The largest absolute Gasteiger partial charge is 0.478 e. The topological polar surface area (TPSA) is 80.7 Å². The van der Waals surface area contributed by atoms with Crippen molar-refractivity contribution < 1.29 is 19.4 Å². The molecular weight excluding hydrogens is 260 g/mol. The van der Waals surface area contributed by atoms with E-state index in [1.165, 1.54) is 12.1 Å². The highest BCUT2D eigenvalue weighted by Gasteiger charge is 2.10. The minimum absolute atomic E-state index is 0.0817. The van der Waals surface area contributed by atoms with Crippen LogP contribution in [0.3, 0.4) is 0 Å². The van der Waals surface area contributed by atoms with Gasteiger partial charge < -0.3 is 19.9 Å². The van der Waals surface area contributed by atoms with Crippen LogP contribution in [0.25, 0.3) is 0 Å². The number of hydrogen-bond acceptors (Lipinski definition) is 5. The third kappa shape index (κ3) is 4.48. The van der Waals surface area contributed by atoms with Crippen LogP contribution in [-0.2, 0) is 9.47 Å². The first-order valence-corrected chi connectivity index (χ1v) is 5.61. The van der Waals surface area contributed by atoms with Crippen molar-refractivity contribution in [3.63, 3.8) is 0 Å². The lowest BCUT2D eigenvalue weighted by atomic mass is 10.2. The quantitative estimate of drug-likeness (QED) is 0.734. The van der Waals surface area contributed by atoms with Crippen LogP contribution in [0.4, 0.5) is 5.82 Å². The molecule has 1 heterocycles. The van der Waals surface area contributed by atoms with E-state index >= 15 is 0 Å². The van der Waals surface area contributed by atoms with Crippen LogP contribution >= 0.6 is 11.6 Å². The van der Waals surface area contributed by atoms with E-state index < -0.39 is 5.97 Å². The molecule has 0 saturated carbocycles. The summed E-state index contributed by atoms with van der Waals surface area (Å²) in [6.45, 7) is 0.868. The number of carboxylic acids is 1. The summed E-state index contributed by atoms with van der Waals surface area (Å²) < 4.78 is 10.1. The Kier molecular flexibility index (Phi) is 5.84. The normalized spacial score (nSPS) is 12.2. The molecular formula is C11H15ClN2O4. The number of nitrogens with one attached hydrogen (secondary N) is 1. The lowest BCUT2D eigenvalue weighted by Crippen LogP contribution is -2.27. The molecule has 0 aliphatic carbocycles. The Labute approximate surface area is 110 Å². The number of pyridine rings is 1. The molecule has 18 heavy (non-hydrogen) atoms. The number of halogens is 1. The summed E-state index contributed by atoms with van der Waals surface area (Å²) in [6, 6.07) is 2.70. The first-order chi connectivity index (χ1) is 8.56. The summed E-state index contributed by atoms with van der Waals surface area (Å²) in [7, 11) is 3.14. The second kappa shape index (κ2) is 7.15. The average Bonchev–Trinajstić information content (AvgIpc) is 2.33. The van der Waals surface area contributed by atoms with Gasteiger partial charge in [0.2, 0.25) is 0 Å². The minimum Gasteiger partial charge on any atom is -0.478 e. The highest BCUT2D eigenvalue weighted by Crippen LogP contribution is 2.14. The molecule has 0 saturated heterocycles. The number of rotatable bonds is 7. The van der Waals surface area contributed by atoms with Gasteiger partial charge in [-0.1, -0.05) is 11.6 Å². The Bertz CT molecular complexity index is 414. The van der Waals surface area contributed by atoms with Crippen molar-refractivity contribution in [2.24, 2.45) is 0 Å². The lowest BCUT2D eigenvalue weighted by Gasteiger charge is -2.15. The summed E-state index contributed by atoms with van der Waals surface area (Å²) >= 11 is 5.73. The summed E-state index contributed by atoms with van der Waals surface area (Å²) in [5, 5.41) is 12.0. The van der Waals surface area contributed by atoms with Gasteiger partial charge in [-0.25, -0.2) is 9.78 Å². The molecule has 0 aliphatic heterocycles. The van der Waals surface area contributed by atoms with E-state index in [2.05, 4.69) is 10.3 Å². The molecule has 0 radical (unpaired) electrons. The van der Waals surface area contributed by atoms with Gasteiger partial charge >= 0.3 is 5.97 Å². The fourth-order valence-corrected chi connectivity index (χ4v) is 1.53. The van der Waals surface area contributed by atoms with Crippen LogP contribution in [0, 0.1) is 0 Å². The Morgan fingerprint density at radius 1 is 1.56 bits per heavy atom. The molecule has 100 valence electrons. The minimum atomic E-state index is -1.05. The van der Waals surface area contributed by atoms with Crippen LogP contribution in [0.15, 0.2) is 12.1 Å². The highest BCUT2D eigenvalue weighted by atomic mass is 35.5. The lowest BCUT2D eigenvalue weighted by molar-refractivity contribution is 0.0365. The van der Waals surface area contributed by atoms with Gasteiger partial charge in [-0.05, 0) is 12.1 Å². The third-order valence-corrected chi connectivity index (χ3v) is 2.43. The smallest absolute Gasteiger partial charge is 0.335 e. The van der Waals surface area contributed by atoms with E-state index in [4.69, 9.17) is 26.2 Å². The molecule has 1 aromatic rings. The first-order valence-electron chi connectivity index (χ1n) is 5.23. The molecule has 0 aliphatic rings. The number of aromatic nitrogens is 1.